The highest BCUT2D eigenvalue weighted by atomic mass is 19.4. The summed E-state index contributed by atoms with van der Waals surface area (Å²) in [5.41, 5.74) is 0. The van der Waals surface area contributed by atoms with E-state index in [9.17, 15) is 13.2 Å². The van der Waals surface area contributed by atoms with Crippen molar-refractivity contribution in [2.75, 3.05) is 20.3 Å². The number of nitrogens with one attached hydrogen (secondary N) is 1. The Morgan fingerprint density at radius 2 is 2.14 bits per heavy atom. The van der Waals surface area contributed by atoms with Crippen molar-refractivity contribution in [3.05, 3.63) is 12.7 Å². The summed E-state index contributed by atoms with van der Waals surface area (Å²) in [6.45, 7) is 2.43. The second kappa shape index (κ2) is 6.84. The summed E-state index contributed by atoms with van der Waals surface area (Å²) >= 11 is 0. The number of ether oxygens (including phenoxy) is 1. The van der Waals surface area contributed by atoms with E-state index in [1.807, 2.05) is 0 Å². The van der Waals surface area contributed by atoms with Gasteiger partial charge in [0, 0.05) is 6.04 Å². The van der Waals surface area contributed by atoms with Crippen molar-refractivity contribution in [2.24, 2.45) is 0 Å². The Balaban J connectivity index is 3.57. The van der Waals surface area contributed by atoms with Crippen molar-refractivity contribution in [1.29, 1.82) is 0 Å². The van der Waals surface area contributed by atoms with Gasteiger partial charge >= 0.3 is 6.18 Å². The molecule has 0 aliphatic rings. The van der Waals surface area contributed by atoms with E-state index in [0.29, 0.717) is 0 Å². The minimum atomic E-state index is -4.24. The molecule has 0 aromatic rings. The van der Waals surface area contributed by atoms with Gasteiger partial charge in [-0.2, -0.15) is 13.2 Å². The lowest BCUT2D eigenvalue weighted by Gasteiger charge is -2.16. The van der Waals surface area contributed by atoms with Crippen LogP contribution in [0.5, 0.6) is 0 Å². The lowest BCUT2D eigenvalue weighted by Crippen LogP contribution is -2.32. The van der Waals surface area contributed by atoms with Gasteiger partial charge in [0.25, 0.3) is 0 Å². The first-order chi connectivity index (χ1) is 6.49. The van der Waals surface area contributed by atoms with Crippen molar-refractivity contribution in [3.63, 3.8) is 0 Å². The zero-order valence-corrected chi connectivity index (χ0v) is 8.23. The first-order valence-corrected chi connectivity index (χ1v) is 4.42. The van der Waals surface area contributed by atoms with Crippen molar-refractivity contribution in [2.45, 2.75) is 25.1 Å². The molecule has 0 rings (SSSR count). The van der Waals surface area contributed by atoms with Crippen LogP contribution in [0, 0.1) is 0 Å². The van der Waals surface area contributed by atoms with E-state index in [1.54, 1.807) is 13.1 Å². The van der Waals surface area contributed by atoms with E-state index in [0.717, 1.165) is 12.8 Å². The van der Waals surface area contributed by atoms with E-state index in [1.165, 1.54) is 0 Å². The number of halogens is 3. The number of likely N-dealkylation sites (N-methyl/N-ethyl adjacent to an activating group) is 1. The molecule has 0 radical (unpaired) electrons. The van der Waals surface area contributed by atoms with E-state index in [2.05, 4.69) is 16.6 Å². The van der Waals surface area contributed by atoms with Crippen LogP contribution in [-0.2, 0) is 4.74 Å². The zero-order chi connectivity index (χ0) is 11.0. The van der Waals surface area contributed by atoms with Crippen LogP contribution < -0.4 is 5.32 Å². The second-order valence-corrected chi connectivity index (χ2v) is 2.98. The van der Waals surface area contributed by atoms with Crippen LogP contribution in [-0.4, -0.2) is 32.5 Å². The predicted octanol–water partition coefficient (Wildman–Crippen LogP) is 2.12. The lowest BCUT2D eigenvalue weighted by molar-refractivity contribution is -0.175. The fraction of sp³-hybridized carbons (Fsp3) is 0.778. The van der Waals surface area contributed by atoms with Gasteiger partial charge in [0.2, 0.25) is 0 Å². The van der Waals surface area contributed by atoms with Crippen molar-refractivity contribution >= 4 is 0 Å². The first-order valence-electron chi connectivity index (χ1n) is 4.42. The summed E-state index contributed by atoms with van der Waals surface area (Å²) in [6, 6.07) is -0.0460. The molecule has 2 nitrogen and oxygen atoms in total. The van der Waals surface area contributed by atoms with Crippen LogP contribution in [0.4, 0.5) is 13.2 Å². The Bertz CT molecular complexity index is 159. The molecule has 0 aromatic carbocycles. The maximum Gasteiger partial charge on any atom is 0.411 e. The van der Waals surface area contributed by atoms with E-state index in [4.69, 9.17) is 0 Å². The number of alkyl halides is 3. The summed E-state index contributed by atoms with van der Waals surface area (Å²) in [5, 5.41) is 2.88. The molecule has 0 bridgehead atoms. The van der Waals surface area contributed by atoms with Gasteiger partial charge in [-0.25, -0.2) is 0 Å². The molecule has 0 heterocycles. The SMILES string of the molecule is C=CCCC(COCC(F)(F)F)NC. The Kier molecular flexibility index (Phi) is 6.57. The standard InChI is InChI=1S/C9H16F3NO/c1-3-4-5-8(13-2)6-14-7-9(10,11)12/h3,8,13H,1,4-7H2,2H3. The average molecular weight is 211 g/mol. The monoisotopic (exact) mass is 211 g/mol. The molecular weight excluding hydrogens is 195 g/mol. The maximum atomic E-state index is 11.7. The molecule has 1 N–H and O–H groups in total. The van der Waals surface area contributed by atoms with Gasteiger partial charge in [-0.15, -0.1) is 6.58 Å². The predicted molar refractivity (Wildman–Crippen MR) is 49.2 cm³/mol. The highest BCUT2D eigenvalue weighted by Crippen LogP contribution is 2.14. The van der Waals surface area contributed by atoms with E-state index < -0.39 is 12.8 Å². The minimum Gasteiger partial charge on any atom is -0.370 e. The largest absolute Gasteiger partial charge is 0.411 e. The van der Waals surface area contributed by atoms with Gasteiger partial charge < -0.3 is 10.1 Å². The molecular formula is C9H16F3NO. The Morgan fingerprint density at radius 3 is 2.57 bits per heavy atom. The van der Waals surface area contributed by atoms with E-state index >= 15 is 0 Å². The molecule has 1 atom stereocenters. The number of hydrogen-bond donors (Lipinski definition) is 1. The normalized spacial score (nSPS) is 14.0. The third kappa shape index (κ3) is 8.07. The molecule has 0 saturated heterocycles. The molecule has 14 heavy (non-hydrogen) atoms. The molecule has 1 unspecified atom stereocenters. The number of allylic oxidation sites excluding steroid dienone is 1. The molecule has 5 heteroatoms. The van der Waals surface area contributed by atoms with Crippen LogP contribution in [0.3, 0.4) is 0 Å². The first kappa shape index (κ1) is 13.4. The van der Waals surface area contributed by atoms with Crippen LogP contribution in [0.25, 0.3) is 0 Å². The van der Waals surface area contributed by atoms with E-state index in [-0.39, 0.29) is 12.6 Å². The van der Waals surface area contributed by atoms with Gasteiger partial charge in [-0.3, -0.25) is 0 Å². The lowest BCUT2D eigenvalue weighted by atomic mass is 10.2. The number of hydrogen-bond acceptors (Lipinski definition) is 2. The van der Waals surface area contributed by atoms with Crippen molar-refractivity contribution < 1.29 is 17.9 Å². The van der Waals surface area contributed by atoms with Crippen LogP contribution in [0.15, 0.2) is 12.7 Å². The quantitative estimate of drug-likeness (QED) is 0.651. The summed E-state index contributed by atoms with van der Waals surface area (Å²) in [5.74, 6) is 0. The number of rotatable bonds is 7. The topological polar surface area (TPSA) is 21.3 Å². The molecule has 0 amide bonds. The second-order valence-electron chi connectivity index (χ2n) is 2.98. The van der Waals surface area contributed by atoms with Crippen molar-refractivity contribution in [3.8, 4) is 0 Å². The van der Waals surface area contributed by atoms with Crippen LogP contribution in [0.1, 0.15) is 12.8 Å². The van der Waals surface area contributed by atoms with Crippen LogP contribution in [0.2, 0.25) is 0 Å². The molecule has 84 valence electrons. The van der Waals surface area contributed by atoms with Gasteiger partial charge in [0.15, 0.2) is 0 Å². The Hall–Kier alpha value is -0.550. The zero-order valence-electron chi connectivity index (χ0n) is 8.23. The molecule has 0 spiro atoms. The summed E-state index contributed by atoms with van der Waals surface area (Å²) in [6.07, 6.45) is -1.01. The Morgan fingerprint density at radius 1 is 1.50 bits per heavy atom. The molecule has 0 fully saturated rings. The Labute approximate surface area is 82.1 Å². The maximum absolute atomic E-state index is 11.7. The molecule has 0 saturated carbocycles. The van der Waals surface area contributed by atoms with Crippen molar-refractivity contribution in [1.82, 2.24) is 5.32 Å². The van der Waals surface area contributed by atoms with Gasteiger partial charge in [0.1, 0.15) is 6.61 Å². The average Bonchev–Trinajstić information content (AvgIpc) is 2.09. The van der Waals surface area contributed by atoms with Gasteiger partial charge in [0.05, 0.1) is 6.61 Å². The molecule has 0 aliphatic carbocycles. The smallest absolute Gasteiger partial charge is 0.370 e. The highest BCUT2D eigenvalue weighted by molar-refractivity contribution is 4.72. The summed E-state index contributed by atoms with van der Waals surface area (Å²) in [4.78, 5) is 0. The summed E-state index contributed by atoms with van der Waals surface area (Å²) < 4.78 is 39.6. The van der Waals surface area contributed by atoms with Gasteiger partial charge in [-0.05, 0) is 19.9 Å². The summed E-state index contributed by atoms with van der Waals surface area (Å²) in [7, 11) is 1.70. The third-order valence-electron chi connectivity index (χ3n) is 1.71. The third-order valence-corrected chi connectivity index (χ3v) is 1.71. The fourth-order valence-corrected chi connectivity index (χ4v) is 0.947. The van der Waals surface area contributed by atoms with Crippen LogP contribution >= 0.6 is 0 Å². The molecule has 0 aromatic heterocycles. The van der Waals surface area contributed by atoms with Gasteiger partial charge in [-0.1, -0.05) is 6.08 Å². The minimum absolute atomic E-state index is 0.0460. The fourth-order valence-electron chi connectivity index (χ4n) is 0.947. The molecule has 0 aliphatic heterocycles. The highest BCUT2D eigenvalue weighted by Gasteiger charge is 2.27.